The van der Waals surface area contributed by atoms with Crippen LogP contribution in [0, 0.1) is 0 Å². The number of aromatic nitrogens is 1. The maximum absolute atomic E-state index is 12.3. The Balaban J connectivity index is 1.55. The van der Waals surface area contributed by atoms with Crippen LogP contribution in [0.25, 0.3) is 10.9 Å². The first-order chi connectivity index (χ1) is 13.4. The van der Waals surface area contributed by atoms with Crippen LogP contribution in [-0.2, 0) is 22.7 Å². The van der Waals surface area contributed by atoms with Gasteiger partial charge in [0.15, 0.2) is 0 Å². The Labute approximate surface area is 166 Å². The van der Waals surface area contributed by atoms with E-state index in [1.54, 1.807) is 24.3 Å². The topological polar surface area (TPSA) is 106 Å². The molecular weight excluding hydrogens is 380 g/mol. The van der Waals surface area contributed by atoms with E-state index in [1.165, 1.54) is 0 Å². The number of primary amides is 1. The summed E-state index contributed by atoms with van der Waals surface area (Å²) in [6.07, 6.45) is 1.85. The summed E-state index contributed by atoms with van der Waals surface area (Å²) in [6, 6.07) is 14.2. The zero-order chi connectivity index (χ0) is 20.1. The number of carbonyl (C=O) groups excluding carboxylic acids is 3. The van der Waals surface area contributed by atoms with Crippen molar-refractivity contribution in [2.75, 3.05) is 6.54 Å². The van der Waals surface area contributed by atoms with E-state index < -0.39 is 5.91 Å². The lowest BCUT2D eigenvalue weighted by Gasteiger charge is -2.09. The Morgan fingerprint density at radius 2 is 1.75 bits per heavy atom. The molecule has 3 rings (SSSR count). The van der Waals surface area contributed by atoms with Crippen LogP contribution in [0.15, 0.2) is 54.7 Å². The van der Waals surface area contributed by atoms with E-state index in [9.17, 15) is 14.4 Å². The van der Waals surface area contributed by atoms with Crippen molar-refractivity contribution in [2.24, 2.45) is 5.73 Å². The molecule has 0 spiro atoms. The molecule has 0 aliphatic rings. The fourth-order valence-electron chi connectivity index (χ4n) is 2.75. The van der Waals surface area contributed by atoms with E-state index in [4.69, 9.17) is 17.3 Å². The van der Waals surface area contributed by atoms with Gasteiger partial charge in [-0.3, -0.25) is 14.4 Å². The zero-order valence-corrected chi connectivity index (χ0v) is 15.7. The standard InChI is InChI=1S/C20H19ClN4O3/c21-16-6-5-14-7-8-25(17(14)9-16)12-19(27)23-10-13-1-3-15(4-2-13)20(28)24-11-18(22)26/h1-9H,10-12H2,(H2,22,26)(H,23,27)(H,24,28). The smallest absolute Gasteiger partial charge is 0.251 e. The highest BCUT2D eigenvalue weighted by Gasteiger charge is 2.08. The molecule has 0 radical (unpaired) electrons. The van der Waals surface area contributed by atoms with Gasteiger partial charge in [0.2, 0.25) is 11.8 Å². The van der Waals surface area contributed by atoms with E-state index in [-0.39, 0.29) is 24.9 Å². The third-order valence-electron chi connectivity index (χ3n) is 4.18. The Bertz CT molecular complexity index is 1030. The van der Waals surface area contributed by atoms with Crippen LogP contribution < -0.4 is 16.4 Å². The Kier molecular flexibility index (Phi) is 5.96. The van der Waals surface area contributed by atoms with Gasteiger partial charge in [0, 0.05) is 28.8 Å². The average molecular weight is 399 g/mol. The molecule has 0 saturated carbocycles. The molecule has 3 aromatic rings. The molecule has 28 heavy (non-hydrogen) atoms. The van der Waals surface area contributed by atoms with Gasteiger partial charge >= 0.3 is 0 Å². The first-order valence-electron chi connectivity index (χ1n) is 8.59. The van der Waals surface area contributed by atoms with Crippen molar-refractivity contribution in [3.05, 3.63) is 70.9 Å². The number of nitrogens with zero attached hydrogens (tertiary/aromatic N) is 1. The van der Waals surface area contributed by atoms with Crippen molar-refractivity contribution in [3.63, 3.8) is 0 Å². The molecule has 2 aromatic carbocycles. The van der Waals surface area contributed by atoms with Crippen LogP contribution in [-0.4, -0.2) is 28.8 Å². The van der Waals surface area contributed by atoms with Gasteiger partial charge in [-0.2, -0.15) is 0 Å². The molecule has 0 saturated heterocycles. The number of fused-ring (bicyclic) bond motifs is 1. The maximum Gasteiger partial charge on any atom is 0.251 e. The van der Waals surface area contributed by atoms with Crippen LogP contribution in [0.1, 0.15) is 15.9 Å². The van der Waals surface area contributed by atoms with Crippen LogP contribution in [0.4, 0.5) is 0 Å². The first-order valence-corrected chi connectivity index (χ1v) is 8.97. The van der Waals surface area contributed by atoms with Gasteiger partial charge in [-0.25, -0.2) is 0 Å². The van der Waals surface area contributed by atoms with Gasteiger partial charge < -0.3 is 20.9 Å². The van der Waals surface area contributed by atoms with E-state index in [0.717, 1.165) is 16.5 Å². The molecule has 0 aliphatic heterocycles. The average Bonchev–Trinajstić information content (AvgIpc) is 3.06. The molecular formula is C20H19ClN4O3. The largest absolute Gasteiger partial charge is 0.368 e. The van der Waals surface area contributed by atoms with E-state index >= 15 is 0 Å². The minimum absolute atomic E-state index is 0.138. The van der Waals surface area contributed by atoms with E-state index in [2.05, 4.69) is 10.6 Å². The number of amides is 3. The van der Waals surface area contributed by atoms with E-state index in [1.807, 2.05) is 35.0 Å². The predicted octanol–water partition coefficient (Wildman–Crippen LogP) is 1.83. The summed E-state index contributed by atoms with van der Waals surface area (Å²) < 4.78 is 1.84. The quantitative estimate of drug-likeness (QED) is 0.565. The second kappa shape index (κ2) is 8.58. The molecule has 0 atom stereocenters. The summed E-state index contributed by atoms with van der Waals surface area (Å²) in [6.45, 7) is 0.301. The molecule has 4 N–H and O–H groups in total. The number of hydrogen-bond donors (Lipinski definition) is 3. The van der Waals surface area contributed by atoms with Gasteiger partial charge in [0.05, 0.1) is 6.54 Å². The molecule has 0 bridgehead atoms. The molecule has 0 fully saturated rings. The molecule has 1 aromatic heterocycles. The van der Waals surface area contributed by atoms with Crippen molar-refractivity contribution >= 4 is 40.2 Å². The van der Waals surface area contributed by atoms with Crippen molar-refractivity contribution in [1.82, 2.24) is 15.2 Å². The van der Waals surface area contributed by atoms with Crippen molar-refractivity contribution in [2.45, 2.75) is 13.1 Å². The second-order valence-corrected chi connectivity index (χ2v) is 6.71. The summed E-state index contributed by atoms with van der Waals surface area (Å²) in [5, 5.41) is 6.90. The monoisotopic (exact) mass is 398 g/mol. The first kappa shape index (κ1) is 19.4. The predicted molar refractivity (Wildman–Crippen MR) is 107 cm³/mol. The highest BCUT2D eigenvalue weighted by Crippen LogP contribution is 2.20. The van der Waals surface area contributed by atoms with Crippen molar-refractivity contribution in [1.29, 1.82) is 0 Å². The molecule has 7 nitrogen and oxygen atoms in total. The second-order valence-electron chi connectivity index (χ2n) is 6.27. The summed E-state index contributed by atoms with van der Waals surface area (Å²) in [5.41, 5.74) is 7.15. The lowest BCUT2D eigenvalue weighted by atomic mass is 10.1. The summed E-state index contributed by atoms with van der Waals surface area (Å²) in [4.78, 5) is 34.8. The lowest BCUT2D eigenvalue weighted by Crippen LogP contribution is -2.33. The van der Waals surface area contributed by atoms with Crippen LogP contribution in [0.2, 0.25) is 5.02 Å². The highest BCUT2D eigenvalue weighted by atomic mass is 35.5. The number of halogens is 1. The van der Waals surface area contributed by atoms with Crippen molar-refractivity contribution < 1.29 is 14.4 Å². The molecule has 1 heterocycles. The fourth-order valence-corrected chi connectivity index (χ4v) is 2.92. The minimum Gasteiger partial charge on any atom is -0.368 e. The highest BCUT2D eigenvalue weighted by molar-refractivity contribution is 6.31. The van der Waals surface area contributed by atoms with Gasteiger partial charge in [0.25, 0.3) is 5.91 Å². The van der Waals surface area contributed by atoms with E-state index in [0.29, 0.717) is 17.1 Å². The molecule has 0 aliphatic carbocycles. The summed E-state index contributed by atoms with van der Waals surface area (Å²) >= 11 is 6.03. The maximum atomic E-state index is 12.3. The number of benzene rings is 2. The normalized spacial score (nSPS) is 10.6. The SMILES string of the molecule is NC(=O)CNC(=O)c1ccc(CNC(=O)Cn2ccc3ccc(Cl)cc32)cc1. The zero-order valence-electron chi connectivity index (χ0n) is 14.9. The number of carbonyl (C=O) groups is 3. The minimum atomic E-state index is -0.606. The van der Waals surface area contributed by atoms with Gasteiger partial charge in [-0.1, -0.05) is 29.8 Å². The third-order valence-corrected chi connectivity index (χ3v) is 4.41. The van der Waals surface area contributed by atoms with Crippen LogP contribution in [0.5, 0.6) is 0 Å². The molecule has 8 heteroatoms. The fraction of sp³-hybridized carbons (Fsp3) is 0.150. The Hall–Kier alpha value is -3.32. The summed E-state index contributed by atoms with van der Waals surface area (Å²) in [7, 11) is 0. The molecule has 3 amide bonds. The van der Waals surface area contributed by atoms with Crippen LogP contribution >= 0.6 is 11.6 Å². The Morgan fingerprint density at radius 1 is 1.00 bits per heavy atom. The third kappa shape index (κ3) is 4.89. The number of hydrogen-bond acceptors (Lipinski definition) is 3. The Morgan fingerprint density at radius 3 is 2.46 bits per heavy atom. The van der Waals surface area contributed by atoms with Crippen LogP contribution in [0.3, 0.4) is 0 Å². The van der Waals surface area contributed by atoms with Gasteiger partial charge in [-0.15, -0.1) is 0 Å². The number of nitrogens with two attached hydrogens (primary N) is 1. The summed E-state index contributed by atoms with van der Waals surface area (Å²) in [5.74, 6) is -1.13. The van der Waals surface area contributed by atoms with Gasteiger partial charge in [-0.05, 0) is 41.3 Å². The molecule has 144 valence electrons. The number of nitrogens with one attached hydrogen (secondary N) is 2. The van der Waals surface area contributed by atoms with Crippen molar-refractivity contribution in [3.8, 4) is 0 Å². The number of rotatable bonds is 7. The van der Waals surface area contributed by atoms with Gasteiger partial charge in [0.1, 0.15) is 6.54 Å². The lowest BCUT2D eigenvalue weighted by molar-refractivity contribution is -0.121. The molecule has 0 unspecified atom stereocenters.